The molecule has 0 spiro atoms. The summed E-state index contributed by atoms with van der Waals surface area (Å²) in [6.45, 7) is 4.70. The van der Waals surface area contributed by atoms with Gasteiger partial charge in [0.1, 0.15) is 0 Å². The number of nitrogens with zero attached hydrogens (tertiary/aromatic N) is 3. The maximum absolute atomic E-state index is 5.78. The van der Waals surface area contributed by atoms with Gasteiger partial charge in [0.25, 0.3) is 0 Å². The van der Waals surface area contributed by atoms with Gasteiger partial charge < -0.3 is 9.88 Å². The standard InChI is InChI=1S/C51H36N4/c1-51(2)42-22-12-10-18-35(42)36-25-24-31(30-43(36)51)47-39-21-11-13-23-44(39)52-50(53-47)55-48-40-28-29-54(32-14-4-3-5-15-32)45(40)27-26-41(48)46-37-19-8-6-16-33(37)34-17-7-9-20-38(34)49(46)55/h3-30,50,52H,1-2H3. The Morgan fingerprint density at radius 2 is 1.20 bits per heavy atom. The number of aliphatic imine (C=N–C) groups is 1. The maximum atomic E-state index is 5.78. The summed E-state index contributed by atoms with van der Waals surface area (Å²) in [7, 11) is 0. The average Bonchev–Trinajstić information content (AvgIpc) is 3.90. The van der Waals surface area contributed by atoms with Crippen LogP contribution in [0.3, 0.4) is 0 Å². The second-order valence-electron chi connectivity index (χ2n) is 15.6. The van der Waals surface area contributed by atoms with Crippen LogP contribution < -0.4 is 5.32 Å². The predicted octanol–water partition coefficient (Wildman–Crippen LogP) is 12.8. The molecule has 260 valence electrons. The molecule has 0 saturated heterocycles. The van der Waals surface area contributed by atoms with Gasteiger partial charge in [0.05, 0.1) is 22.3 Å². The first-order chi connectivity index (χ1) is 27.1. The molecule has 12 rings (SSSR count). The van der Waals surface area contributed by atoms with Crippen LogP contribution in [0.1, 0.15) is 42.4 Å². The zero-order chi connectivity index (χ0) is 36.4. The van der Waals surface area contributed by atoms with Gasteiger partial charge in [-0.2, -0.15) is 0 Å². The van der Waals surface area contributed by atoms with Gasteiger partial charge in [-0.05, 0) is 74.8 Å². The number of nitrogens with one attached hydrogen (secondary N) is 1. The molecule has 1 aliphatic heterocycles. The van der Waals surface area contributed by atoms with Crippen molar-refractivity contribution in [3.8, 4) is 16.8 Å². The summed E-state index contributed by atoms with van der Waals surface area (Å²) in [5.74, 6) is 0. The zero-order valence-electron chi connectivity index (χ0n) is 30.6. The van der Waals surface area contributed by atoms with Gasteiger partial charge in [-0.25, -0.2) is 4.99 Å². The largest absolute Gasteiger partial charge is 0.346 e. The Kier molecular flexibility index (Phi) is 6.14. The van der Waals surface area contributed by atoms with Crippen molar-refractivity contribution in [1.29, 1.82) is 0 Å². The minimum Gasteiger partial charge on any atom is -0.346 e. The third kappa shape index (κ3) is 4.14. The Morgan fingerprint density at radius 1 is 0.527 bits per heavy atom. The minimum atomic E-state index is -0.418. The lowest BCUT2D eigenvalue weighted by Gasteiger charge is -2.29. The first-order valence-electron chi connectivity index (χ1n) is 19.2. The molecule has 1 N–H and O–H groups in total. The van der Waals surface area contributed by atoms with Crippen LogP contribution in [0.15, 0.2) is 175 Å². The number of benzene rings is 8. The lowest BCUT2D eigenvalue weighted by atomic mass is 9.81. The van der Waals surface area contributed by atoms with Gasteiger partial charge in [-0.1, -0.05) is 141 Å². The molecule has 8 aromatic carbocycles. The molecule has 0 radical (unpaired) electrons. The van der Waals surface area contributed by atoms with E-state index in [0.29, 0.717) is 0 Å². The molecule has 2 aliphatic rings. The highest BCUT2D eigenvalue weighted by molar-refractivity contribution is 6.34. The number of hydrogen-bond donors (Lipinski definition) is 1. The van der Waals surface area contributed by atoms with Gasteiger partial charge in [-0.15, -0.1) is 0 Å². The SMILES string of the molecule is CC1(C)c2ccccc2-c2ccc(C3=NC(n4c5c(ccc6c5ccn6-c5ccccc5)c5c6ccccc6c6ccccc6c54)Nc4ccccc43)cc21. The fourth-order valence-corrected chi connectivity index (χ4v) is 9.86. The monoisotopic (exact) mass is 704 g/mol. The van der Waals surface area contributed by atoms with Crippen molar-refractivity contribution in [1.82, 2.24) is 9.13 Å². The summed E-state index contributed by atoms with van der Waals surface area (Å²) in [6, 6.07) is 59.8. The first-order valence-corrected chi connectivity index (χ1v) is 19.2. The molecule has 55 heavy (non-hydrogen) atoms. The highest BCUT2D eigenvalue weighted by Crippen LogP contribution is 2.50. The molecule has 0 bridgehead atoms. The van der Waals surface area contributed by atoms with Crippen LogP contribution in [-0.4, -0.2) is 14.8 Å². The molecule has 10 aromatic rings. The van der Waals surface area contributed by atoms with Gasteiger partial charge in [0.2, 0.25) is 6.29 Å². The topological polar surface area (TPSA) is 34.2 Å². The van der Waals surface area contributed by atoms with Crippen LogP contribution in [0.4, 0.5) is 5.69 Å². The van der Waals surface area contributed by atoms with E-state index in [2.05, 4.69) is 198 Å². The summed E-state index contributed by atoms with van der Waals surface area (Å²) in [5, 5.41) is 12.6. The van der Waals surface area contributed by atoms with E-state index in [9.17, 15) is 0 Å². The van der Waals surface area contributed by atoms with Crippen molar-refractivity contribution in [2.75, 3.05) is 5.32 Å². The Morgan fingerprint density at radius 3 is 2.04 bits per heavy atom. The van der Waals surface area contributed by atoms with Crippen molar-refractivity contribution in [3.05, 3.63) is 192 Å². The van der Waals surface area contributed by atoms with Gasteiger partial charge in [-0.3, -0.25) is 4.57 Å². The van der Waals surface area contributed by atoms with Gasteiger partial charge in [0, 0.05) is 55.7 Å². The van der Waals surface area contributed by atoms with E-state index in [4.69, 9.17) is 4.99 Å². The van der Waals surface area contributed by atoms with Crippen LogP contribution >= 0.6 is 0 Å². The van der Waals surface area contributed by atoms with Crippen molar-refractivity contribution in [2.45, 2.75) is 25.6 Å². The molecule has 4 heteroatoms. The third-order valence-corrected chi connectivity index (χ3v) is 12.4. The smallest absolute Gasteiger partial charge is 0.201 e. The maximum Gasteiger partial charge on any atom is 0.201 e. The summed E-state index contributed by atoms with van der Waals surface area (Å²) >= 11 is 0. The quantitative estimate of drug-likeness (QED) is 0.183. The second kappa shape index (κ2) is 11.1. The molecular weight excluding hydrogens is 669 g/mol. The Bertz CT molecular complexity index is 3270. The van der Waals surface area contributed by atoms with Gasteiger partial charge in [0.15, 0.2) is 0 Å². The van der Waals surface area contributed by atoms with E-state index >= 15 is 0 Å². The van der Waals surface area contributed by atoms with Crippen LogP contribution in [0.5, 0.6) is 0 Å². The van der Waals surface area contributed by atoms with Crippen LogP contribution in [-0.2, 0) is 5.41 Å². The molecule has 0 amide bonds. The molecule has 0 fully saturated rings. The van der Waals surface area contributed by atoms with Crippen LogP contribution in [0.2, 0.25) is 0 Å². The Labute approximate surface area is 318 Å². The summed E-state index contributed by atoms with van der Waals surface area (Å²) in [5.41, 5.74) is 14.3. The average molecular weight is 705 g/mol. The third-order valence-electron chi connectivity index (χ3n) is 12.4. The van der Waals surface area contributed by atoms with E-state index in [1.165, 1.54) is 71.0 Å². The summed E-state index contributed by atoms with van der Waals surface area (Å²) in [4.78, 5) is 5.78. The summed E-state index contributed by atoms with van der Waals surface area (Å²) in [6.07, 6.45) is 1.79. The fourth-order valence-electron chi connectivity index (χ4n) is 9.86. The Balaban J connectivity index is 1.19. The number of hydrogen-bond acceptors (Lipinski definition) is 2. The first kappa shape index (κ1) is 30.5. The van der Waals surface area contributed by atoms with E-state index in [0.717, 1.165) is 33.7 Å². The molecule has 2 aromatic heterocycles. The minimum absolute atomic E-state index is 0.112. The molecule has 1 aliphatic carbocycles. The molecular formula is C51H36N4. The Hall–Kier alpha value is -6.91. The normalized spacial score (nSPS) is 15.7. The molecule has 1 atom stereocenters. The fraction of sp³-hybridized carbons (Fsp3) is 0.0784. The molecule has 0 saturated carbocycles. The van der Waals surface area contributed by atoms with E-state index in [1.54, 1.807) is 0 Å². The lowest BCUT2D eigenvalue weighted by molar-refractivity contribution is 0.627. The zero-order valence-corrected chi connectivity index (χ0v) is 30.6. The lowest BCUT2D eigenvalue weighted by Crippen LogP contribution is -2.25. The van der Waals surface area contributed by atoms with Gasteiger partial charge >= 0.3 is 0 Å². The van der Waals surface area contributed by atoms with Crippen molar-refractivity contribution in [3.63, 3.8) is 0 Å². The number of aromatic nitrogens is 2. The number of fused-ring (bicyclic) bond motifs is 14. The van der Waals surface area contributed by atoms with Crippen molar-refractivity contribution < 1.29 is 0 Å². The van der Waals surface area contributed by atoms with Crippen LogP contribution in [0.25, 0.3) is 71.1 Å². The van der Waals surface area contributed by atoms with Crippen molar-refractivity contribution in [2.24, 2.45) is 4.99 Å². The number of para-hydroxylation sites is 2. The molecule has 3 heterocycles. The molecule has 4 nitrogen and oxygen atoms in total. The molecule has 1 unspecified atom stereocenters. The van der Waals surface area contributed by atoms with E-state index < -0.39 is 6.29 Å². The highest BCUT2D eigenvalue weighted by Gasteiger charge is 2.36. The van der Waals surface area contributed by atoms with E-state index in [-0.39, 0.29) is 5.41 Å². The van der Waals surface area contributed by atoms with Crippen LogP contribution in [0, 0.1) is 0 Å². The summed E-state index contributed by atoms with van der Waals surface area (Å²) < 4.78 is 4.80. The second-order valence-corrected chi connectivity index (χ2v) is 15.6. The number of anilines is 1. The number of rotatable bonds is 3. The highest BCUT2D eigenvalue weighted by atomic mass is 15.3. The predicted molar refractivity (Wildman–Crippen MR) is 230 cm³/mol. The van der Waals surface area contributed by atoms with Crippen molar-refractivity contribution >= 4 is 65.7 Å². The van der Waals surface area contributed by atoms with E-state index in [1.807, 2.05) is 0 Å².